The van der Waals surface area contributed by atoms with E-state index in [9.17, 15) is 4.79 Å². The molecule has 0 unspecified atom stereocenters. The van der Waals surface area contributed by atoms with Crippen LogP contribution < -0.4 is 10.6 Å². The fraction of sp³-hybridized carbons (Fsp3) is 0.222. The van der Waals surface area contributed by atoms with Gasteiger partial charge >= 0.3 is 0 Å². The highest BCUT2D eigenvalue weighted by Crippen LogP contribution is 2.26. The van der Waals surface area contributed by atoms with Gasteiger partial charge in [-0.2, -0.15) is 0 Å². The van der Waals surface area contributed by atoms with E-state index in [2.05, 4.69) is 33.1 Å². The minimum absolute atomic E-state index is 0.0219. The largest absolute Gasteiger partial charge is 0.361 e. The summed E-state index contributed by atoms with van der Waals surface area (Å²) in [6, 6.07) is 12.0. The molecule has 0 aliphatic carbocycles. The van der Waals surface area contributed by atoms with E-state index in [1.54, 1.807) is 22.7 Å². The van der Waals surface area contributed by atoms with Gasteiger partial charge < -0.3 is 10.6 Å². The maximum Gasteiger partial charge on any atom is 0.224 e. The van der Waals surface area contributed by atoms with Crippen LogP contribution >= 0.6 is 22.7 Å². The van der Waals surface area contributed by atoms with Crippen LogP contribution in [0.5, 0.6) is 0 Å². The van der Waals surface area contributed by atoms with Crippen molar-refractivity contribution >= 4 is 39.4 Å². The van der Waals surface area contributed by atoms with Crippen molar-refractivity contribution in [1.82, 2.24) is 4.98 Å². The Morgan fingerprint density at radius 3 is 2.71 bits per heavy atom. The number of thiophene rings is 1. The lowest BCUT2D eigenvalue weighted by molar-refractivity contribution is -0.115. The van der Waals surface area contributed by atoms with Crippen LogP contribution in [0.3, 0.4) is 0 Å². The fourth-order valence-electron chi connectivity index (χ4n) is 2.21. The second kappa shape index (κ2) is 8.08. The zero-order valence-corrected chi connectivity index (χ0v) is 15.0. The molecule has 3 rings (SSSR count). The summed E-state index contributed by atoms with van der Waals surface area (Å²) in [6.07, 6.45) is 1.49. The number of nitrogens with one attached hydrogen (secondary N) is 2. The van der Waals surface area contributed by atoms with Crippen LogP contribution in [0.15, 0.2) is 47.2 Å². The summed E-state index contributed by atoms with van der Waals surface area (Å²) in [5, 5.41) is 11.3. The third kappa shape index (κ3) is 4.43. The van der Waals surface area contributed by atoms with E-state index >= 15 is 0 Å². The lowest BCUT2D eigenvalue weighted by Crippen LogP contribution is -2.09. The third-order valence-electron chi connectivity index (χ3n) is 3.52. The second-order valence-electron chi connectivity index (χ2n) is 5.27. The van der Waals surface area contributed by atoms with E-state index in [-0.39, 0.29) is 5.91 Å². The van der Waals surface area contributed by atoms with Gasteiger partial charge in [0.2, 0.25) is 5.91 Å². The molecule has 0 bridgehead atoms. The summed E-state index contributed by atoms with van der Waals surface area (Å²) in [6.45, 7) is 2.72. The summed E-state index contributed by atoms with van der Waals surface area (Å²) in [5.41, 5.74) is 2.81. The predicted octanol–water partition coefficient (Wildman–Crippen LogP) is 4.87. The molecule has 0 aliphatic rings. The summed E-state index contributed by atoms with van der Waals surface area (Å²) < 4.78 is 0. The number of hydrogen-bond donors (Lipinski definition) is 2. The molecule has 6 heteroatoms. The minimum atomic E-state index is 0.0219. The van der Waals surface area contributed by atoms with Crippen LogP contribution in [-0.2, 0) is 11.2 Å². The number of rotatable bonds is 7. The van der Waals surface area contributed by atoms with E-state index in [1.165, 1.54) is 4.88 Å². The van der Waals surface area contributed by atoms with Crippen molar-refractivity contribution in [3.63, 3.8) is 0 Å². The Balaban J connectivity index is 1.57. The smallest absolute Gasteiger partial charge is 0.224 e. The first-order chi connectivity index (χ1) is 11.7. The zero-order valence-electron chi connectivity index (χ0n) is 13.4. The molecule has 0 spiro atoms. The number of hydrogen-bond acceptors (Lipinski definition) is 5. The molecule has 0 aliphatic heterocycles. The van der Waals surface area contributed by atoms with E-state index in [1.807, 2.05) is 36.6 Å². The summed E-state index contributed by atoms with van der Waals surface area (Å²) in [4.78, 5) is 17.4. The van der Waals surface area contributed by atoms with E-state index in [0.717, 1.165) is 35.0 Å². The van der Waals surface area contributed by atoms with Crippen LogP contribution in [0.25, 0.3) is 11.3 Å². The number of anilines is 2. The molecule has 2 heterocycles. The van der Waals surface area contributed by atoms with Gasteiger partial charge in [-0.15, -0.1) is 22.7 Å². The highest BCUT2D eigenvalue weighted by molar-refractivity contribution is 7.14. The SMILES string of the molecule is CCC(=O)Nc1ccc(-c2csc(NCCc3cccs3)n2)cc1. The number of amides is 1. The van der Waals surface area contributed by atoms with Gasteiger partial charge in [-0.1, -0.05) is 25.1 Å². The Labute approximate surface area is 149 Å². The first kappa shape index (κ1) is 16.7. The van der Waals surface area contributed by atoms with Crippen LogP contribution in [-0.4, -0.2) is 17.4 Å². The van der Waals surface area contributed by atoms with Gasteiger partial charge in [-0.25, -0.2) is 4.98 Å². The van der Waals surface area contributed by atoms with Crippen molar-refractivity contribution in [2.45, 2.75) is 19.8 Å². The number of nitrogens with zero attached hydrogens (tertiary/aromatic N) is 1. The molecule has 24 heavy (non-hydrogen) atoms. The molecule has 0 atom stereocenters. The normalized spacial score (nSPS) is 10.5. The minimum Gasteiger partial charge on any atom is -0.361 e. The van der Waals surface area contributed by atoms with Crippen molar-refractivity contribution in [3.8, 4) is 11.3 Å². The number of carbonyl (C=O) groups excluding carboxylic acids is 1. The van der Waals surface area contributed by atoms with Crippen LogP contribution in [0.2, 0.25) is 0 Å². The van der Waals surface area contributed by atoms with Crippen molar-refractivity contribution in [2.24, 2.45) is 0 Å². The summed E-state index contributed by atoms with van der Waals surface area (Å²) in [5.74, 6) is 0.0219. The maximum atomic E-state index is 11.4. The van der Waals surface area contributed by atoms with Crippen LogP contribution in [0, 0.1) is 0 Å². The molecule has 124 valence electrons. The van der Waals surface area contributed by atoms with Gasteiger partial charge in [0, 0.05) is 34.5 Å². The lowest BCUT2D eigenvalue weighted by Gasteiger charge is -2.04. The van der Waals surface area contributed by atoms with Gasteiger partial charge in [0.05, 0.1) is 5.69 Å². The first-order valence-corrected chi connectivity index (χ1v) is 9.62. The molecule has 0 radical (unpaired) electrons. The van der Waals surface area contributed by atoms with Crippen molar-refractivity contribution in [2.75, 3.05) is 17.2 Å². The average molecular weight is 358 g/mol. The quantitative estimate of drug-likeness (QED) is 0.634. The molecule has 3 aromatic rings. The second-order valence-corrected chi connectivity index (χ2v) is 7.16. The maximum absolute atomic E-state index is 11.4. The van der Waals surface area contributed by atoms with Crippen molar-refractivity contribution in [3.05, 3.63) is 52.0 Å². The van der Waals surface area contributed by atoms with E-state index in [0.29, 0.717) is 6.42 Å². The summed E-state index contributed by atoms with van der Waals surface area (Å²) >= 11 is 3.39. The molecule has 1 amide bonds. The number of benzene rings is 1. The molecule has 2 aromatic heterocycles. The number of thiazole rings is 1. The average Bonchev–Trinajstić information content (AvgIpc) is 3.27. The zero-order chi connectivity index (χ0) is 16.8. The van der Waals surface area contributed by atoms with Gasteiger partial charge in [0.25, 0.3) is 0 Å². The first-order valence-electron chi connectivity index (χ1n) is 7.86. The lowest BCUT2D eigenvalue weighted by atomic mass is 10.1. The Morgan fingerprint density at radius 2 is 2.00 bits per heavy atom. The third-order valence-corrected chi connectivity index (χ3v) is 5.25. The Bertz CT molecular complexity index is 779. The van der Waals surface area contributed by atoms with Gasteiger partial charge in [-0.3, -0.25) is 4.79 Å². The standard InChI is InChI=1S/C18H19N3OS2/c1-2-17(22)20-14-7-5-13(6-8-14)16-12-24-18(21-16)19-10-9-15-4-3-11-23-15/h3-8,11-12H,2,9-10H2,1H3,(H,19,21)(H,20,22). The molecule has 0 saturated carbocycles. The molecule has 4 nitrogen and oxygen atoms in total. The monoisotopic (exact) mass is 357 g/mol. The van der Waals surface area contributed by atoms with E-state index in [4.69, 9.17) is 0 Å². The Hall–Kier alpha value is -2.18. The summed E-state index contributed by atoms with van der Waals surface area (Å²) in [7, 11) is 0. The van der Waals surface area contributed by atoms with Crippen molar-refractivity contribution < 1.29 is 4.79 Å². The van der Waals surface area contributed by atoms with Crippen LogP contribution in [0.4, 0.5) is 10.8 Å². The van der Waals surface area contributed by atoms with Crippen molar-refractivity contribution in [1.29, 1.82) is 0 Å². The highest BCUT2D eigenvalue weighted by Gasteiger charge is 2.05. The van der Waals surface area contributed by atoms with Gasteiger partial charge in [0.1, 0.15) is 0 Å². The highest BCUT2D eigenvalue weighted by atomic mass is 32.1. The molecule has 0 fully saturated rings. The van der Waals surface area contributed by atoms with Crippen LogP contribution in [0.1, 0.15) is 18.2 Å². The fourth-order valence-corrected chi connectivity index (χ4v) is 3.67. The molecule has 2 N–H and O–H groups in total. The molecule has 1 aromatic carbocycles. The topological polar surface area (TPSA) is 54.0 Å². The molecule has 0 saturated heterocycles. The Morgan fingerprint density at radius 1 is 1.17 bits per heavy atom. The van der Waals surface area contributed by atoms with Gasteiger partial charge in [-0.05, 0) is 30.0 Å². The predicted molar refractivity (Wildman–Crippen MR) is 103 cm³/mol. The Kier molecular flexibility index (Phi) is 5.61. The van der Waals surface area contributed by atoms with Gasteiger partial charge in [0.15, 0.2) is 5.13 Å². The number of carbonyl (C=O) groups is 1. The molecular weight excluding hydrogens is 338 g/mol. The van der Waals surface area contributed by atoms with E-state index < -0.39 is 0 Å². The number of aromatic nitrogens is 1. The molecular formula is C18H19N3OS2.